The minimum Gasteiger partial charge on any atom is -0.311 e. The summed E-state index contributed by atoms with van der Waals surface area (Å²) < 4.78 is 13.2. The molecule has 1 aromatic rings. The number of nitrogens with one attached hydrogen (secondary N) is 1. The molecule has 3 heteroatoms. The number of halogens is 1. The molecule has 1 aliphatic carbocycles. The molecule has 0 unspecified atom stereocenters. The second-order valence-electron chi connectivity index (χ2n) is 6.70. The van der Waals surface area contributed by atoms with Crippen molar-refractivity contribution in [2.75, 3.05) is 19.6 Å². The zero-order valence-corrected chi connectivity index (χ0v) is 13.0. The van der Waals surface area contributed by atoms with Gasteiger partial charge in [0.2, 0.25) is 0 Å². The van der Waals surface area contributed by atoms with E-state index in [0.29, 0.717) is 18.0 Å². The zero-order chi connectivity index (χ0) is 14.7. The van der Waals surface area contributed by atoms with Crippen LogP contribution in [0, 0.1) is 5.82 Å². The second-order valence-corrected chi connectivity index (χ2v) is 6.70. The number of hydrogen-bond donors (Lipinski definition) is 1. The van der Waals surface area contributed by atoms with Gasteiger partial charge < -0.3 is 10.2 Å². The zero-order valence-electron chi connectivity index (χ0n) is 13.0. The number of likely N-dealkylation sites (tertiary alicyclic amines) is 1. The van der Waals surface area contributed by atoms with Crippen molar-refractivity contribution < 1.29 is 4.39 Å². The van der Waals surface area contributed by atoms with Crippen LogP contribution in [-0.2, 0) is 0 Å². The van der Waals surface area contributed by atoms with Gasteiger partial charge in [0.25, 0.3) is 0 Å². The minimum atomic E-state index is -0.104. The Morgan fingerprint density at radius 1 is 1.19 bits per heavy atom. The van der Waals surface area contributed by atoms with Crippen LogP contribution in [0.2, 0.25) is 0 Å². The standard InChI is InChI=1S/C18H27FN2/c1-2-8-21-9-6-17(7-10-21)20-18-12-15(13-18)14-4-3-5-16(19)11-14/h3-5,11,15,17-18,20H,2,6-10,12-13H2,1H3. The minimum absolute atomic E-state index is 0.104. The predicted octanol–water partition coefficient (Wildman–Crippen LogP) is 3.54. The van der Waals surface area contributed by atoms with Crippen LogP contribution in [-0.4, -0.2) is 36.6 Å². The first-order valence-electron chi connectivity index (χ1n) is 8.48. The molecule has 1 saturated heterocycles. The van der Waals surface area contributed by atoms with Crippen molar-refractivity contribution in [1.29, 1.82) is 0 Å². The highest BCUT2D eigenvalue weighted by Gasteiger charge is 2.32. The van der Waals surface area contributed by atoms with Crippen LogP contribution in [0.25, 0.3) is 0 Å². The first-order chi connectivity index (χ1) is 10.2. The molecular formula is C18H27FN2. The van der Waals surface area contributed by atoms with Crippen molar-refractivity contribution in [2.45, 2.75) is 57.0 Å². The Morgan fingerprint density at radius 3 is 2.62 bits per heavy atom. The van der Waals surface area contributed by atoms with E-state index >= 15 is 0 Å². The van der Waals surface area contributed by atoms with Crippen LogP contribution in [0.5, 0.6) is 0 Å². The van der Waals surface area contributed by atoms with Crippen molar-refractivity contribution in [3.05, 3.63) is 35.6 Å². The predicted molar refractivity (Wildman–Crippen MR) is 85.1 cm³/mol. The summed E-state index contributed by atoms with van der Waals surface area (Å²) in [6, 6.07) is 8.45. The molecule has 1 heterocycles. The third-order valence-electron chi connectivity index (χ3n) is 5.06. The van der Waals surface area contributed by atoms with Gasteiger partial charge in [-0.05, 0) is 75.4 Å². The summed E-state index contributed by atoms with van der Waals surface area (Å²) in [5.74, 6) is 0.450. The number of nitrogens with zero attached hydrogens (tertiary/aromatic N) is 1. The molecule has 0 radical (unpaired) electrons. The summed E-state index contributed by atoms with van der Waals surface area (Å²) >= 11 is 0. The number of benzene rings is 1. The van der Waals surface area contributed by atoms with Gasteiger partial charge in [-0.3, -0.25) is 0 Å². The molecule has 0 aromatic heterocycles. The third kappa shape index (κ3) is 3.83. The van der Waals surface area contributed by atoms with Gasteiger partial charge >= 0.3 is 0 Å². The van der Waals surface area contributed by atoms with Gasteiger partial charge in [-0.15, -0.1) is 0 Å². The summed E-state index contributed by atoms with van der Waals surface area (Å²) in [6.45, 7) is 5.99. The van der Waals surface area contributed by atoms with Gasteiger partial charge in [0.05, 0.1) is 0 Å². The van der Waals surface area contributed by atoms with Crippen LogP contribution < -0.4 is 5.32 Å². The molecule has 0 spiro atoms. The molecular weight excluding hydrogens is 263 g/mol. The largest absolute Gasteiger partial charge is 0.311 e. The molecule has 1 N–H and O–H groups in total. The Bertz CT molecular complexity index is 448. The van der Waals surface area contributed by atoms with Crippen LogP contribution >= 0.6 is 0 Å². The van der Waals surface area contributed by atoms with Gasteiger partial charge in [0, 0.05) is 12.1 Å². The van der Waals surface area contributed by atoms with E-state index in [2.05, 4.69) is 23.2 Å². The highest BCUT2D eigenvalue weighted by Crippen LogP contribution is 2.37. The van der Waals surface area contributed by atoms with Gasteiger partial charge in [-0.2, -0.15) is 0 Å². The summed E-state index contributed by atoms with van der Waals surface area (Å²) in [5, 5.41) is 3.81. The molecule has 0 bridgehead atoms. The molecule has 2 aliphatic rings. The maximum Gasteiger partial charge on any atom is 0.123 e. The maximum absolute atomic E-state index is 13.2. The quantitative estimate of drug-likeness (QED) is 0.892. The van der Waals surface area contributed by atoms with E-state index in [-0.39, 0.29) is 5.82 Å². The molecule has 0 amide bonds. The molecule has 1 aliphatic heterocycles. The Kier molecular flexibility index (Phi) is 4.91. The van der Waals surface area contributed by atoms with Gasteiger partial charge in [0.1, 0.15) is 5.82 Å². The smallest absolute Gasteiger partial charge is 0.123 e. The van der Waals surface area contributed by atoms with E-state index in [1.807, 2.05) is 6.07 Å². The lowest BCUT2D eigenvalue weighted by atomic mass is 9.75. The second kappa shape index (κ2) is 6.89. The van der Waals surface area contributed by atoms with Crippen molar-refractivity contribution in [3.8, 4) is 0 Å². The number of piperidine rings is 1. The molecule has 1 aromatic carbocycles. The Hall–Kier alpha value is -0.930. The van der Waals surface area contributed by atoms with Crippen molar-refractivity contribution in [1.82, 2.24) is 10.2 Å². The summed E-state index contributed by atoms with van der Waals surface area (Å²) in [7, 11) is 0. The van der Waals surface area contributed by atoms with Crippen LogP contribution in [0.3, 0.4) is 0 Å². The Labute approximate surface area is 127 Å². The lowest BCUT2D eigenvalue weighted by Gasteiger charge is -2.41. The van der Waals surface area contributed by atoms with Crippen molar-refractivity contribution >= 4 is 0 Å². The molecule has 2 fully saturated rings. The first-order valence-corrected chi connectivity index (χ1v) is 8.48. The average Bonchev–Trinajstić information content (AvgIpc) is 2.44. The summed E-state index contributed by atoms with van der Waals surface area (Å²) in [6.07, 6.45) is 6.15. The van der Waals surface area contributed by atoms with Crippen LogP contribution in [0.15, 0.2) is 24.3 Å². The van der Waals surface area contributed by atoms with E-state index in [1.165, 1.54) is 63.4 Å². The normalized spacial score (nSPS) is 27.5. The lowest BCUT2D eigenvalue weighted by molar-refractivity contribution is 0.171. The fourth-order valence-corrected chi connectivity index (χ4v) is 3.76. The SMILES string of the molecule is CCCN1CCC(NC2CC(c3cccc(F)c3)C2)CC1. The third-order valence-corrected chi connectivity index (χ3v) is 5.06. The number of hydrogen-bond acceptors (Lipinski definition) is 2. The van der Waals surface area contributed by atoms with E-state index in [1.54, 1.807) is 6.07 Å². The van der Waals surface area contributed by atoms with Crippen LogP contribution in [0.1, 0.15) is 50.5 Å². The molecule has 2 nitrogen and oxygen atoms in total. The van der Waals surface area contributed by atoms with E-state index < -0.39 is 0 Å². The van der Waals surface area contributed by atoms with Crippen LogP contribution in [0.4, 0.5) is 4.39 Å². The van der Waals surface area contributed by atoms with E-state index in [4.69, 9.17) is 0 Å². The molecule has 116 valence electrons. The van der Waals surface area contributed by atoms with Gasteiger partial charge in [-0.1, -0.05) is 19.1 Å². The summed E-state index contributed by atoms with van der Waals surface area (Å²) in [5.41, 5.74) is 1.17. The lowest BCUT2D eigenvalue weighted by Crippen LogP contribution is -2.50. The van der Waals surface area contributed by atoms with Gasteiger partial charge in [0.15, 0.2) is 0 Å². The highest BCUT2D eigenvalue weighted by atomic mass is 19.1. The van der Waals surface area contributed by atoms with Crippen molar-refractivity contribution in [3.63, 3.8) is 0 Å². The number of rotatable bonds is 5. The van der Waals surface area contributed by atoms with E-state index in [9.17, 15) is 4.39 Å². The average molecular weight is 290 g/mol. The molecule has 0 atom stereocenters. The molecule has 21 heavy (non-hydrogen) atoms. The Balaban J connectivity index is 1.39. The molecule has 1 saturated carbocycles. The Morgan fingerprint density at radius 2 is 1.95 bits per heavy atom. The maximum atomic E-state index is 13.2. The fourth-order valence-electron chi connectivity index (χ4n) is 3.76. The fraction of sp³-hybridized carbons (Fsp3) is 0.667. The topological polar surface area (TPSA) is 15.3 Å². The first kappa shape index (κ1) is 15.0. The highest BCUT2D eigenvalue weighted by molar-refractivity contribution is 5.23. The van der Waals surface area contributed by atoms with Gasteiger partial charge in [-0.25, -0.2) is 4.39 Å². The molecule has 3 rings (SSSR count). The monoisotopic (exact) mass is 290 g/mol. The summed E-state index contributed by atoms with van der Waals surface area (Å²) in [4.78, 5) is 2.58. The van der Waals surface area contributed by atoms with E-state index in [0.717, 1.165) is 0 Å². The van der Waals surface area contributed by atoms with Crippen molar-refractivity contribution in [2.24, 2.45) is 0 Å².